The topological polar surface area (TPSA) is 88.0 Å². The third-order valence-electron chi connectivity index (χ3n) is 7.97. The van der Waals surface area contributed by atoms with Crippen LogP contribution in [0.5, 0.6) is 0 Å². The van der Waals surface area contributed by atoms with Crippen molar-refractivity contribution in [3.63, 3.8) is 0 Å². The third kappa shape index (κ3) is 6.73. The lowest BCUT2D eigenvalue weighted by molar-refractivity contribution is -0.137. The molecule has 42 heavy (non-hydrogen) atoms. The molecule has 2 aromatic heterocycles. The van der Waals surface area contributed by atoms with E-state index in [-0.39, 0.29) is 12.0 Å². The van der Waals surface area contributed by atoms with Crippen LogP contribution in [0.4, 0.5) is 24.9 Å². The van der Waals surface area contributed by atoms with Gasteiger partial charge in [0.05, 0.1) is 23.2 Å². The summed E-state index contributed by atoms with van der Waals surface area (Å²) in [5, 5.41) is 11.6. The van der Waals surface area contributed by atoms with Crippen molar-refractivity contribution >= 4 is 28.6 Å². The molecule has 0 bridgehead atoms. The van der Waals surface area contributed by atoms with Gasteiger partial charge in [-0.25, -0.2) is 9.97 Å². The lowest BCUT2D eigenvalue weighted by atomic mass is 9.90. The smallest absolute Gasteiger partial charge is 0.351 e. The third-order valence-corrected chi connectivity index (χ3v) is 7.97. The van der Waals surface area contributed by atoms with E-state index in [0.717, 1.165) is 72.0 Å². The van der Waals surface area contributed by atoms with E-state index in [0.29, 0.717) is 23.8 Å². The second-order valence-electron chi connectivity index (χ2n) is 11.2. The Kier molecular flexibility index (Phi) is 8.49. The second-order valence-corrected chi connectivity index (χ2v) is 11.2. The summed E-state index contributed by atoms with van der Waals surface area (Å²) in [7, 11) is 6.05. The van der Waals surface area contributed by atoms with Crippen LogP contribution in [0.15, 0.2) is 48.7 Å². The quantitative estimate of drug-likeness (QED) is 0.263. The monoisotopic (exact) mass is 579 g/mol. The minimum absolute atomic E-state index is 0.198. The molecule has 1 saturated carbocycles. The summed E-state index contributed by atoms with van der Waals surface area (Å²) in [5.74, 6) is 0.516. The molecule has 2 aromatic carbocycles. The SMILES string of the molecule is CCc1cc(-c2cc(NC(=O)Cc3cccc(C(F)(F)F)c3)nn2C)cc2cnc(NC3CCC(N(C)C)CC3)nc12. The fraction of sp³-hybridized carbons (Fsp3) is 0.419. The number of amides is 1. The maximum Gasteiger partial charge on any atom is 0.416 e. The van der Waals surface area contributed by atoms with Crippen LogP contribution in [0.1, 0.15) is 49.3 Å². The molecule has 0 aliphatic heterocycles. The number of aryl methyl sites for hydroxylation is 2. The fourth-order valence-electron chi connectivity index (χ4n) is 5.65. The molecule has 2 heterocycles. The van der Waals surface area contributed by atoms with E-state index in [1.807, 2.05) is 12.3 Å². The first-order valence-corrected chi connectivity index (χ1v) is 14.2. The van der Waals surface area contributed by atoms with Crippen LogP contribution in [0.2, 0.25) is 0 Å². The van der Waals surface area contributed by atoms with Gasteiger partial charge >= 0.3 is 6.18 Å². The number of aromatic nitrogens is 4. The lowest BCUT2D eigenvalue weighted by Crippen LogP contribution is -2.36. The number of hydrogen-bond donors (Lipinski definition) is 2. The molecule has 5 rings (SSSR count). The second kappa shape index (κ2) is 12.1. The number of fused-ring (bicyclic) bond motifs is 1. The first-order chi connectivity index (χ1) is 20.0. The number of halogens is 3. The van der Waals surface area contributed by atoms with Crippen molar-refractivity contribution in [3.8, 4) is 11.3 Å². The Balaban J connectivity index is 1.31. The molecule has 1 aliphatic carbocycles. The van der Waals surface area contributed by atoms with Crippen LogP contribution >= 0.6 is 0 Å². The highest BCUT2D eigenvalue weighted by Gasteiger charge is 2.30. The number of nitrogens with zero attached hydrogens (tertiary/aromatic N) is 5. The molecule has 0 unspecified atom stereocenters. The number of alkyl halides is 3. The van der Waals surface area contributed by atoms with Gasteiger partial charge in [0, 0.05) is 42.3 Å². The van der Waals surface area contributed by atoms with E-state index >= 15 is 0 Å². The summed E-state index contributed by atoms with van der Waals surface area (Å²) in [6, 6.07) is 11.6. The number of carbonyl (C=O) groups excluding carboxylic acids is 1. The number of anilines is 2. The highest BCUT2D eigenvalue weighted by atomic mass is 19.4. The number of nitrogens with one attached hydrogen (secondary N) is 2. The first kappa shape index (κ1) is 29.5. The molecule has 0 saturated heterocycles. The minimum atomic E-state index is -4.46. The molecule has 11 heteroatoms. The normalized spacial score (nSPS) is 17.5. The van der Waals surface area contributed by atoms with Gasteiger partial charge in [0.25, 0.3) is 0 Å². The first-order valence-electron chi connectivity index (χ1n) is 14.2. The summed E-state index contributed by atoms with van der Waals surface area (Å²) in [5.41, 5.74) is 3.14. The van der Waals surface area contributed by atoms with E-state index in [2.05, 4.69) is 52.7 Å². The van der Waals surface area contributed by atoms with Crippen molar-refractivity contribution in [2.45, 2.75) is 63.7 Å². The average molecular weight is 580 g/mol. The standard InChI is InChI=1S/C31H36F3N7O/c1-5-20-15-21(16-22-18-35-30(38-29(20)22)36-24-9-11-25(12-10-24)40(2)3)26-17-27(39-41(26)4)37-28(42)14-19-7-6-8-23(13-19)31(32,33)34/h6-8,13,15-18,24-25H,5,9-12,14H2,1-4H3,(H,35,36,38)(H,37,39,42). The van der Waals surface area contributed by atoms with Crippen molar-refractivity contribution < 1.29 is 18.0 Å². The molecule has 0 radical (unpaired) electrons. The number of carbonyl (C=O) groups is 1. The predicted octanol–water partition coefficient (Wildman–Crippen LogP) is 6.08. The number of rotatable bonds is 8. The molecule has 4 aromatic rings. The fourth-order valence-corrected chi connectivity index (χ4v) is 5.65. The van der Waals surface area contributed by atoms with Gasteiger partial charge in [0.2, 0.25) is 11.9 Å². The van der Waals surface area contributed by atoms with Crippen LogP contribution in [0.3, 0.4) is 0 Å². The maximum atomic E-state index is 13.0. The van der Waals surface area contributed by atoms with Gasteiger partial charge in [-0.1, -0.05) is 25.1 Å². The van der Waals surface area contributed by atoms with Gasteiger partial charge in [-0.15, -0.1) is 0 Å². The Bertz CT molecular complexity index is 1570. The molecule has 1 aliphatic rings. The molecule has 8 nitrogen and oxygen atoms in total. The molecule has 2 N–H and O–H groups in total. The molecular weight excluding hydrogens is 543 g/mol. The predicted molar refractivity (Wildman–Crippen MR) is 158 cm³/mol. The van der Waals surface area contributed by atoms with Gasteiger partial charge in [-0.05, 0) is 75.5 Å². The van der Waals surface area contributed by atoms with E-state index in [1.54, 1.807) is 17.8 Å². The number of benzene rings is 2. The Morgan fingerprint density at radius 1 is 1.10 bits per heavy atom. The zero-order chi connectivity index (χ0) is 30.0. The minimum Gasteiger partial charge on any atom is -0.351 e. The number of hydrogen-bond acceptors (Lipinski definition) is 6. The summed E-state index contributed by atoms with van der Waals surface area (Å²) in [4.78, 5) is 24.4. The van der Waals surface area contributed by atoms with Gasteiger partial charge in [0.15, 0.2) is 5.82 Å². The van der Waals surface area contributed by atoms with Crippen molar-refractivity contribution in [1.82, 2.24) is 24.6 Å². The molecule has 1 amide bonds. The average Bonchev–Trinajstić information content (AvgIpc) is 3.31. The largest absolute Gasteiger partial charge is 0.416 e. The van der Waals surface area contributed by atoms with Crippen LogP contribution in [0, 0.1) is 0 Å². The lowest BCUT2D eigenvalue weighted by Gasteiger charge is -2.32. The van der Waals surface area contributed by atoms with E-state index in [9.17, 15) is 18.0 Å². The maximum absolute atomic E-state index is 13.0. The van der Waals surface area contributed by atoms with Crippen LogP contribution < -0.4 is 10.6 Å². The van der Waals surface area contributed by atoms with Gasteiger partial charge in [0.1, 0.15) is 0 Å². The van der Waals surface area contributed by atoms with Crippen LogP contribution in [0.25, 0.3) is 22.2 Å². The summed E-state index contributed by atoms with van der Waals surface area (Å²) >= 11 is 0. The zero-order valence-electron chi connectivity index (χ0n) is 24.3. The van der Waals surface area contributed by atoms with E-state index in [1.165, 1.54) is 12.1 Å². The molecule has 0 atom stereocenters. The molecule has 0 spiro atoms. The van der Waals surface area contributed by atoms with Crippen LogP contribution in [-0.4, -0.2) is 56.7 Å². The van der Waals surface area contributed by atoms with E-state index < -0.39 is 17.6 Å². The summed E-state index contributed by atoms with van der Waals surface area (Å²) in [6.45, 7) is 2.08. The Morgan fingerprint density at radius 2 is 1.86 bits per heavy atom. The highest BCUT2D eigenvalue weighted by Crippen LogP contribution is 2.31. The Morgan fingerprint density at radius 3 is 2.55 bits per heavy atom. The summed E-state index contributed by atoms with van der Waals surface area (Å²) in [6.07, 6.45) is 2.43. The Hall–Kier alpha value is -3.99. The van der Waals surface area contributed by atoms with Crippen molar-refractivity contribution in [3.05, 3.63) is 65.4 Å². The molecule has 222 valence electrons. The van der Waals surface area contributed by atoms with Gasteiger partial charge in [-0.3, -0.25) is 9.48 Å². The molecule has 1 fully saturated rings. The molecular formula is C31H36F3N7O. The van der Waals surface area contributed by atoms with E-state index in [4.69, 9.17) is 4.98 Å². The van der Waals surface area contributed by atoms with Crippen molar-refractivity contribution in [2.24, 2.45) is 7.05 Å². The highest BCUT2D eigenvalue weighted by molar-refractivity contribution is 5.92. The van der Waals surface area contributed by atoms with Crippen LogP contribution in [-0.2, 0) is 30.9 Å². The van der Waals surface area contributed by atoms with Crippen molar-refractivity contribution in [1.29, 1.82) is 0 Å². The zero-order valence-corrected chi connectivity index (χ0v) is 24.3. The Labute approximate surface area is 243 Å². The van der Waals surface area contributed by atoms with Crippen molar-refractivity contribution in [2.75, 3.05) is 24.7 Å². The van der Waals surface area contributed by atoms with Gasteiger partial charge in [-0.2, -0.15) is 18.3 Å². The van der Waals surface area contributed by atoms with Gasteiger partial charge < -0.3 is 15.5 Å². The summed E-state index contributed by atoms with van der Waals surface area (Å²) < 4.78 is 40.8.